The summed E-state index contributed by atoms with van der Waals surface area (Å²) in [6.07, 6.45) is 6.43. The Bertz CT molecular complexity index is 271. The van der Waals surface area contributed by atoms with Crippen LogP contribution in [-0.4, -0.2) is 43.2 Å². The lowest BCUT2D eigenvalue weighted by atomic mass is 9.97. The van der Waals surface area contributed by atoms with Gasteiger partial charge in [-0.3, -0.25) is 4.79 Å². The normalized spacial score (nSPS) is 22.7. The highest BCUT2D eigenvalue weighted by atomic mass is 16.5. The van der Waals surface area contributed by atoms with E-state index in [0.29, 0.717) is 13.2 Å². The van der Waals surface area contributed by atoms with Gasteiger partial charge < -0.3 is 15.4 Å². The van der Waals surface area contributed by atoms with E-state index in [2.05, 4.69) is 0 Å². The van der Waals surface area contributed by atoms with Gasteiger partial charge in [0.1, 0.15) is 0 Å². The first-order chi connectivity index (χ1) is 8.12. The van der Waals surface area contributed by atoms with Crippen LogP contribution in [0.1, 0.15) is 38.5 Å². The highest BCUT2D eigenvalue weighted by Crippen LogP contribution is 2.29. The van der Waals surface area contributed by atoms with E-state index in [0.717, 1.165) is 38.2 Å². The van der Waals surface area contributed by atoms with Crippen molar-refractivity contribution in [2.75, 3.05) is 26.8 Å². The van der Waals surface area contributed by atoms with Crippen molar-refractivity contribution in [1.82, 2.24) is 4.90 Å². The molecule has 0 bridgehead atoms. The highest BCUT2D eigenvalue weighted by Gasteiger charge is 2.38. The van der Waals surface area contributed by atoms with Crippen molar-refractivity contribution >= 4 is 5.91 Å². The first-order valence-corrected chi connectivity index (χ1v) is 6.74. The molecule has 2 rings (SSSR count). The topological polar surface area (TPSA) is 55.6 Å². The van der Waals surface area contributed by atoms with Crippen molar-refractivity contribution in [2.24, 2.45) is 11.7 Å². The first kappa shape index (κ1) is 12.8. The van der Waals surface area contributed by atoms with Crippen molar-refractivity contribution in [3.8, 4) is 0 Å². The predicted molar refractivity (Wildman–Crippen MR) is 66.6 cm³/mol. The van der Waals surface area contributed by atoms with Crippen LogP contribution in [0.3, 0.4) is 0 Å². The molecule has 0 unspecified atom stereocenters. The van der Waals surface area contributed by atoms with Gasteiger partial charge in [-0.15, -0.1) is 0 Å². The summed E-state index contributed by atoms with van der Waals surface area (Å²) >= 11 is 0. The summed E-state index contributed by atoms with van der Waals surface area (Å²) in [6.45, 7) is 2.15. The molecule has 0 radical (unpaired) electrons. The molecule has 2 aliphatic rings. The van der Waals surface area contributed by atoms with Crippen LogP contribution in [0.25, 0.3) is 0 Å². The number of rotatable bonds is 6. The summed E-state index contributed by atoms with van der Waals surface area (Å²) in [7, 11) is 1.83. The molecule has 1 amide bonds. The molecule has 4 nitrogen and oxygen atoms in total. The average molecular weight is 240 g/mol. The van der Waals surface area contributed by atoms with Crippen LogP contribution in [0.4, 0.5) is 0 Å². The molecule has 0 saturated heterocycles. The summed E-state index contributed by atoms with van der Waals surface area (Å²) in [5.74, 6) is 0.872. The maximum atomic E-state index is 12.2. The van der Waals surface area contributed by atoms with E-state index in [-0.39, 0.29) is 5.91 Å². The Balaban J connectivity index is 1.66. The zero-order valence-corrected chi connectivity index (χ0v) is 10.8. The second kappa shape index (κ2) is 5.36. The van der Waals surface area contributed by atoms with E-state index in [4.69, 9.17) is 10.5 Å². The van der Waals surface area contributed by atoms with Crippen LogP contribution >= 0.6 is 0 Å². The molecule has 0 atom stereocenters. The van der Waals surface area contributed by atoms with Crippen LogP contribution in [-0.2, 0) is 9.53 Å². The fourth-order valence-electron chi connectivity index (χ4n) is 2.44. The maximum Gasteiger partial charge on any atom is 0.242 e. The Labute approximate surface area is 103 Å². The Morgan fingerprint density at radius 2 is 2.06 bits per heavy atom. The molecule has 0 spiro atoms. The molecule has 2 aliphatic carbocycles. The van der Waals surface area contributed by atoms with E-state index in [1.54, 1.807) is 4.90 Å². The monoisotopic (exact) mass is 240 g/mol. The fraction of sp³-hybridized carbons (Fsp3) is 0.923. The zero-order chi connectivity index (χ0) is 12.3. The van der Waals surface area contributed by atoms with Crippen LogP contribution in [0.15, 0.2) is 0 Å². The molecule has 0 aromatic rings. The van der Waals surface area contributed by atoms with Gasteiger partial charge in [-0.1, -0.05) is 12.8 Å². The predicted octanol–water partition coefficient (Wildman–Crippen LogP) is 1.14. The van der Waals surface area contributed by atoms with Crippen LogP contribution in [0.2, 0.25) is 0 Å². The van der Waals surface area contributed by atoms with Gasteiger partial charge in [-0.2, -0.15) is 0 Å². The molecule has 0 aromatic heterocycles. The van der Waals surface area contributed by atoms with Gasteiger partial charge in [0, 0.05) is 20.2 Å². The molecule has 0 aliphatic heterocycles. The largest absolute Gasteiger partial charge is 0.379 e. The van der Waals surface area contributed by atoms with Gasteiger partial charge in [0.05, 0.1) is 12.1 Å². The lowest BCUT2D eigenvalue weighted by molar-refractivity contribution is -0.136. The molecule has 4 heteroatoms. The van der Waals surface area contributed by atoms with Crippen LogP contribution in [0, 0.1) is 5.92 Å². The number of nitrogens with two attached hydrogens (primary N) is 1. The molecule has 0 aromatic carbocycles. The summed E-state index contributed by atoms with van der Waals surface area (Å²) in [4.78, 5) is 13.9. The van der Waals surface area contributed by atoms with Crippen LogP contribution in [0.5, 0.6) is 0 Å². The first-order valence-electron chi connectivity index (χ1n) is 6.74. The Morgan fingerprint density at radius 1 is 1.41 bits per heavy atom. The molecule has 98 valence electrons. The summed E-state index contributed by atoms with van der Waals surface area (Å²) in [5, 5.41) is 0. The Kier molecular flexibility index (Phi) is 4.05. The lowest BCUT2D eigenvalue weighted by Crippen LogP contribution is -2.53. The van der Waals surface area contributed by atoms with Crippen molar-refractivity contribution in [1.29, 1.82) is 0 Å². The van der Waals surface area contributed by atoms with Gasteiger partial charge >= 0.3 is 0 Å². The van der Waals surface area contributed by atoms with Crippen LogP contribution < -0.4 is 5.73 Å². The second-order valence-corrected chi connectivity index (χ2v) is 5.61. The lowest BCUT2D eigenvalue weighted by Gasteiger charge is -2.28. The minimum atomic E-state index is -0.592. The second-order valence-electron chi connectivity index (χ2n) is 5.61. The molecule has 17 heavy (non-hydrogen) atoms. The molecule has 2 N–H and O–H groups in total. The molecule has 2 saturated carbocycles. The number of carbonyl (C=O) groups is 1. The van der Waals surface area contributed by atoms with E-state index in [1.807, 2.05) is 7.05 Å². The van der Waals surface area contributed by atoms with E-state index in [1.165, 1.54) is 12.8 Å². The third-order valence-electron chi connectivity index (χ3n) is 3.89. The number of carbonyl (C=O) groups excluding carboxylic acids is 1. The summed E-state index contributed by atoms with van der Waals surface area (Å²) < 4.78 is 5.54. The highest BCUT2D eigenvalue weighted by molar-refractivity contribution is 5.86. The SMILES string of the molecule is CN(CCOCC1CC1)C(=O)C1(N)CCCC1. The third kappa shape index (κ3) is 3.42. The summed E-state index contributed by atoms with van der Waals surface area (Å²) in [5.41, 5.74) is 5.54. The minimum Gasteiger partial charge on any atom is -0.379 e. The molecular weight excluding hydrogens is 216 g/mol. The van der Waals surface area contributed by atoms with Crippen molar-refractivity contribution in [3.05, 3.63) is 0 Å². The number of hydrogen-bond donors (Lipinski definition) is 1. The van der Waals surface area contributed by atoms with Gasteiger partial charge in [-0.25, -0.2) is 0 Å². The zero-order valence-electron chi connectivity index (χ0n) is 10.8. The number of amides is 1. The number of ether oxygens (including phenoxy) is 1. The van der Waals surface area contributed by atoms with Crippen molar-refractivity contribution in [2.45, 2.75) is 44.1 Å². The standard InChI is InChI=1S/C13H24N2O2/c1-15(8-9-17-10-11-4-5-11)12(16)13(14)6-2-3-7-13/h11H,2-10,14H2,1H3. The average Bonchev–Trinajstić information content (AvgIpc) is 3.04. The minimum absolute atomic E-state index is 0.0880. The van der Waals surface area contributed by atoms with Gasteiger partial charge in [-0.05, 0) is 31.6 Å². The number of hydrogen-bond acceptors (Lipinski definition) is 3. The molecular formula is C13H24N2O2. The maximum absolute atomic E-state index is 12.2. The van der Waals surface area contributed by atoms with Crippen molar-refractivity contribution < 1.29 is 9.53 Å². The van der Waals surface area contributed by atoms with E-state index < -0.39 is 5.54 Å². The summed E-state index contributed by atoms with van der Waals surface area (Å²) in [6, 6.07) is 0. The van der Waals surface area contributed by atoms with Crippen molar-refractivity contribution in [3.63, 3.8) is 0 Å². The Hall–Kier alpha value is -0.610. The van der Waals surface area contributed by atoms with E-state index in [9.17, 15) is 4.79 Å². The molecule has 2 fully saturated rings. The quantitative estimate of drug-likeness (QED) is 0.708. The smallest absolute Gasteiger partial charge is 0.242 e. The number of likely N-dealkylation sites (N-methyl/N-ethyl adjacent to an activating group) is 1. The van der Waals surface area contributed by atoms with Gasteiger partial charge in [0.15, 0.2) is 0 Å². The molecule has 0 heterocycles. The van der Waals surface area contributed by atoms with Gasteiger partial charge in [0.2, 0.25) is 5.91 Å². The van der Waals surface area contributed by atoms with E-state index >= 15 is 0 Å². The Morgan fingerprint density at radius 3 is 2.65 bits per heavy atom. The van der Waals surface area contributed by atoms with Gasteiger partial charge in [0.25, 0.3) is 0 Å². The number of nitrogens with zero attached hydrogens (tertiary/aromatic N) is 1. The third-order valence-corrected chi connectivity index (χ3v) is 3.89. The fourth-order valence-corrected chi connectivity index (χ4v) is 2.44.